The molecule has 20 heavy (non-hydrogen) atoms. The maximum absolute atomic E-state index is 9.19. The largest absolute Gasteiger partial charge is 0.392 e. The Hall–Kier alpha value is -1.17. The molecule has 0 amide bonds. The Balaban J connectivity index is 2.42. The molecule has 2 aromatic carbocycles. The van der Waals surface area contributed by atoms with Gasteiger partial charge in [0.1, 0.15) is 0 Å². The summed E-state index contributed by atoms with van der Waals surface area (Å²) < 4.78 is 0. The highest BCUT2D eigenvalue weighted by molar-refractivity contribution is 7.49. The van der Waals surface area contributed by atoms with Crippen molar-refractivity contribution in [1.29, 1.82) is 0 Å². The van der Waals surface area contributed by atoms with Crippen molar-refractivity contribution in [3.63, 3.8) is 0 Å². The van der Waals surface area contributed by atoms with E-state index in [1.807, 2.05) is 0 Å². The summed E-state index contributed by atoms with van der Waals surface area (Å²) in [4.78, 5) is 0. The van der Waals surface area contributed by atoms with E-state index in [4.69, 9.17) is 0 Å². The Kier molecular flexibility index (Phi) is 4.32. The van der Waals surface area contributed by atoms with Crippen LogP contribution in [0.15, 0.2) is 54.6 Å². The van der Waals surface area contributed by atoms with Crippen molar-refractivity contribution in [3.8, 4) is 0 Å². The maximum atomic E-state index is 9.19. The van der Waals surface area contributed by atoms with E-state index in [-0.39, 0.29) is 6.61 Å². The molecule has 0 saturated carbocycles. The van der Waals surface area contributed by atoms with Gasteiger partial charge < -0.3 is 5.11 Å². The van der Waals surface area contributed by atoms with Gasteiger partial charge in [0.2, 0.25) is 0 Å². The number of benzene rings is 2. The molecule has 1 N–H and O–H groups in total. The lowest BCUT2D eigenvalue weighted by atomic mass is 10.2. The van der Waals surface area contributed by atoms with Crippen molar-refractivity contribution >= 4 is 25.6 Å². The van der Waals surface area contributed by atoms with Gasteiger partial charge in [-0.1, -0.05) is 91.2 Å². The van der Waals surface area contributed by atoms with Gasteiger partial charge in [-0.3, -0.25) is 0 Å². The van der Waals surface area contributed by atoms with Gasteiger partial charge in [-0.05, 0) is 5.56 Å². The number of hydrogen-bond donors (Lipinski definition) is 1. The van der Waals surface area contributed by atoms with Crippen molar-refractivity contribution in [1.82, 2.24) is 0 Å². The molecule has 0 aliphatic carbocycles. The molecule has 2 rings (SSSR count). The van der Waals surface area contributed by atoms with E-state index in [0.29, 0.717) is 0 Å². The monoisotopic (exact) mass is 300 g/mol. The van der Waals surface area contributed by atoms with Crippen LogP contribution in [0.5, 0.6) is 0 Å². The average molecular weight is 301 g/mol. The molecule has 0 bridgehead atoms. The summed E-state index contributed by atoms with van der Waals surface area (Å²) in [7, 11) is -3.03. The Labute approximate surface area is 124 Å². The van der Waals surface area contributed by atoms with Crippen molar-refractivity contribution in [3.05, 3.63) is 60.2 Å². The summed E-state index contributed by atoms with van der Waals surface area (Å²) in [6.45, 7) is 10.1. The van der Waals surface area contributed by atoms with Crippen molar-refractivity contribution < 1.29 is 5.11 Å². The number of hydrogen-bond acceptors (Lipinski definition) is 1. The van der Waals surface area contributed by atoms with Gasteiger partial charge in [0.15, 0.2) is 0 Å². The van der Waals surface area contributed by atoms with Crippen LogP contribution >= 0.6 is 0 Å². The third-order valence-corrected chi connectivity index (χ3v) is 22.7. The second kappa shape index (κ2) is 5.68. The molecule has 3 heteroatoms. The highest BCUT2D eigenvalue weighted by Crippen LogP contribution is 2.19. The Morgan fingerprint density at radius 2 is 1.15 bits per heavy atom. The summed E-state index contributed by atoms with van der Waals surface area (Å²) >= 11 is 0. The summed E-state index contributed by atoms with van der Waals surface area (Å²) in [6.07, 6.45) is 0. The summed E-state index contributed by atoms with van der Waals surface area (Å²) in [6, 6.07) is 19.6. The molecule has 0 aliphatic rings. The van der Waals surface area contributed by atoms with Crippen LogP contribution in [-0.4, -0.2) is 20.3 Å². The molecule has 0 spiro atoms. The summed E-state index contributed by atoms with van der Waals surface area (Å²) in [5.41, 5.74) is 0.998. The van der Waals surface area contributed by atoms with E-state index in [1.54, 1.807) is 5.19 Å². The molecule has 1 nitrogen and oxygen atoms in total. The SMILES string of the molecule is C[Si](C)(c1ccccc1)[Si](C)(C)c1ccc(CO)cc1. The second-order valence-electron chi connectivity index (χ2n) is 6.47. The third kappa shape index (κ3) is 2.66. The van der Waals surface area contributed by atoms with Gasteiger partial charge in [0.25, 0.3) is 0 Å². The fraction of sp³-hybridized carbons (Fsp3) is 0.294. The Morgan fingerprint density at radius 3 is 1.60 bits per heavy atom. The zero-order valence-electron chi connectivity index (χ0n) is 12.9. The van der Waals surface area contributed by atoms with Crippen LogP contribution in [0.2, 0.25) is 26.2 Å². The summed E-state index contributed by atoms with van der Waals surface area (Å²) in [5.74, 6) is 0. The van der Waals surface area contributed by atoms with Crippen LogP contribution in [0, 0.1) is 0 Å². The van der Waals surface area contributed by atoms with Crippen LogP contribution in [-0.2, 0) is 6.61 Å². The minimum absolute atomic E-state index is 0.127. The lowest BCUT2D eigenvalue weighted by Crippen LogP contribution is -2.69. The fourth-order valence-electron chi connectivity index (χ4n) is 2.60. The quantitative estimate of drug-likeness (QED) is 0.861. The first kappa shape index (κ1) is 15.2. The van der Waals surface area contributed by atoms with Gasteiger partial charge in [-0.2, -0.15) is 0 Å². The van der Waals surface area contributed by atoms with Crippen molar-refractivity contribution in [2.45, 2.75) is 32.8 Å². The zero-order chi connectivity index (χ0) is 14.8. The normalized spacial score (nSPS) is 12.4. The maximum Gasteiger partial charge on any atom is 0.0791 e. The zero-order valence-corrected chi connectivity index (χ0v) is 14.9. The number of aliphatic hydroxyl groups excluding tert-OH is 1. The molecule has 0 saturated heterocycles. The van der Waals surface area contributed by atoms with Crippen LogP contribution in [0.3, 0.4) is 0 Å². The second-order valence-corrected chi connectivity index (χ2v) is 21.6. The molecule has 0 fully saturated rings. The van der Waals surface area contributed by atoms with Gasteiger partial charge >= 0.3 is 0 Å². The topological polar surface area (TPSA) is 20.2 Å². The Morgan fingerprint density at radius 1 is 0.700 bits per heavy atom. The van der Waals surface area contributed by atoms with Crippen LogP contribution in [0.25, 0.3) is 0 Å². The lowest BCUT2D eigenvalue weighted by molar-refractivity contribution is 0.282. The van der Waals surface area contributed by atoms with E-state index < -0.39 is 15.2 Å². The summed E-state index contributed by atoms with van der Waals surface area (Å²) in [5, 5.41) is 12.2. The fourth-order valence-corrected chi connectivity index (χ4v) is 11.4. The minimum Gasteiger partial charge on any atom is -0.392 e. The van der Waals surface area contributed by atoms with E-state index >= 15 is 0 Å². The molecule has 0 atom stereocenters. The van der Waals surface area contributed by atoms with Crippen LogP contribution in [0.1, 0.15) is 5.56 Å². The molecule has 0 aromatic heterocycles. The lowest BCUT2D eigenvalue weighted by Gasteiger charge is -2.39. The number of aliphatic hydroxyl groups is 1. The van der Waals surface area contributed by atoms with Crippen LogP contribution < -0.4 is 10.4 Å². The van der Waals surface area contributed by atoms with E-state index in [1.165, 1.54) is 5.19 Å². The highest BCUT2D eigenvalue weighted by atomic mass is 29.3. The molecular weight excluding hydrogens is 276 g/mol. The molecule has 106 valence electrons. The molecule has 0 radical (unpaired) electrons. The van der Waals surface area contributed by atoms with Crippen molar-refractivity contribution in [2.75, 3.05) is 0 Å². The van der Waals surface area contributed by atoms with Gasteiger partial charge in [-0.15, -0.1) is 0 Å². The van der Waals surface area contributed by atoms with Crippen molar-refractivity contribution in [2.24, 2.45) is 0 Å². The van der Waals surface area contributed by atoms with Gasteiger partial charge in [0.05, 0.1) is 21.8 Å². The van der Waals surface area contributed by atoms with Crippen LogP contribution in [0.4, 0.5) is 0 Å². The van der Waals surface area contributed by atoms with E-state index in [0.717, 1.165) is 5.56 Å². The first-order valence-corrected chi connectivity index (χ1v) is 14.2. The third-order valence-electron chi connectivity index (χ3n) is 4.92. The minimum atomic E-state index is -1.53. The number of rotatable bonds is 4. The predicted octanol–water partition coefficient (Wildman–Crippen LogP) is 2.79. The molecular formula is C17H24OSi2. The van der Waals surface area contributed by atoms with Gasteiger partial charge in [-0.25, -0.2) is 0 Å². The van der Waals surface area contributed by atoms with E-state index in [9.17, 15) is 5.11 Å². The first-order valence-electron chi connectivity index (χ1n) is 7.15. The first-order chi connectivity index (χ1) is 9.39. The molecule has 2 aromatic rings. The smallest absolute Gasteiger partial charge is 0.0791 e. The predicted molar refractivity (Wildman–Crippen MR) is 93.0 cm³/mol. The molecule has 0 heterocycles. The van der Waals surface area contributed by atoms with E-state index in [2.05, 4.69) is 80.8 Å². The Bertz CT molecular complexity index is 559. The molecule has 0 unspecified atom stereocenters. The standard InChI is InChI=1S/C17H24OSi2/c1-19(2,16-8-6-5-7-9-16)20(3,4)17-12-10-15(14-18)11-13-17/h5-13,18H,14H2,1-4H3. The van der Waals surface area contributed by atoms with Gasteiger partial charge in [0, 0.05) is 0 Å². The molecule has 0 aliphatic heterocycles. The average Bonchev–Trinajstić information content (AvgIpc) is 2.48. The highest BCUT2D eigenvalue weighted by Gasteiger charge is 2.43.